The molecule has 5 nitrogen and oxygen atoms in total. The second-order valence-electron chi connectivity index (χ2n) is 5.69. The number of aromatic nitrogens is 2. The van der Waals surface area contributed by atoms with Crippen molar-refractivity contribution < 1.29 is 0 Å². The standard InChI is InChI=1S/C14H23N5S/c1-9-12(16-8-11-4-2-3-7-20-11)17-14(10-5-6-10)18-13(9)19-15/h10-11H,2-8,15H2,1H3,(H2,16,17,18,19). The molecule has 110 valence electrons. The van der Waals surface area contributed by atoms with E-state index in [1.165, 1.54) is 37.9 Å². The molecule has 2 fully saturated rings. The number of hydrogen-bond donors (Lipinski definition) is 3. The van der Waals surface area contributed by atoms with Gasteiger partial charge in [-0.25, -0.2) is 15.8 Å². The molecule has 1 saturated heterocycles. The summed E-state index contributed by atoms with van der Waals surface area (Å²) in [7, 11) is 0. The maximum absolute atomic E-state index is 5.58. The van der Waals surface area contributed by atoms with Gasteiger partial charge in [-0.05, 0) is 38.4 Å². The molecule has 1 atom stereocenters. The Balaban J connectivity index is 1.71. The zero-order valence-corrected chi connectivity index (χ0v) is 12.8. The largest absolute Gasteiger partial charge is 0.369 e. The van der Waals surface area contributed by atoms with Crippen LogP contribution >= 0.6 is 11.8 Å². The van der Waals surface area contributed by atoms with E-state index in [4.69, 9.17) is 10.8 Å². The maximum Gasteiger partial charge on any atom is 0.148 e. The van der Waals surface area contributed by atoms with Crippen molar-refractivity contribution in [3.05, 3.63) is 11.4 Å². The van der Waals surface area contributed by atoms with Crippen LogP contribution in [0.15, 0.2) is 0 Å². The molecule has 0 aromatic carbocycles. The minimum Gasteiger partial charge on any atom is -0.369 e. The van der Waals surface area contributed by atoms with Gasteiger partial charge in [0, 0.05) is 23.3 Å². The fourth-order valence-corrected chi connectivity index (χ4v) is 3.79. The van der Waals surface area contributed by atoms with Crippen molar-refractivity contribution in [3.8, 4) is 0 Å². The van der Waals surface area contributed by atoms with E-state index in [0.29, 0.717) is 11.2 Å². The predicted octanol–water partition coefficient (Wildman–Crippen LogP) is 2.65. The van der Waals surface area contributed by atoms with E-state index in [1.807, 2.05) is 6.92 Å². The van der Waals surface area contributed by atoms with Gasteiger partial charge < -0.3 is 10.7 Å². The van der Waals surface area contributed by atoms with Crippen LogP contribution in [0.25, 0.3) is 0 Å². The summed E-state index contributed by atoms with van der Waals surface area (Å²) in [6.45, 7) is 3.00. The molecule has 2 heterocycles. The first-order valence-corrected chi connectivity index (χ1v) is 8.53. The van der Waals surface area contributed by atoms with Crippen LogP contribution in [0, 0.1) is 6.92 Å². The molecule has 3 rings (SSSR count). The van der Waals surface area contributed by atoms with E-state index in [2.05, 4.69) is 27.5 Å². The molecule has 1 aliphatic heterocycles. The predicted molar refractivity (Wildman–Crippen MR) is 85.1 cm³/mol. The summed E-state index contributed by atoms with van der Waals surface area (Å²) in [6.07, 6.45) is 6.42. The van der Waals surface area contributed by atoms with Gasteiger partial charge in [0.25, 0.3) is 0 Å². The lowest BCUT2D eigenvalue weighted by molar-refractivity contribution is 0.676. The highest BCUT2D eigenvalue weighted by Crippen LogP contribution is 2.39. The molecule has 1 saturated carbocycles. The molecule has 1 aliphatic carbocycles. The smallest absolute Gasteiger partial charge is 0.148 e. The van der Waals surface area contributed by atoms with Crippen LogP contribution in [-0.4, -0.2) is 27.5 Å². The Labute approximate surface area is 124 Å². The first kappa shape index (κ1) is 13.9. The fourth-order valence-electron chi connectivity index (χ4n) is 2.55. The van der Waals surface area contributed by atoms with E-state index in [9.17, 15) is 0 Å². The minimum atomic E-state index is 0.535. The molecule has 6 heteroatoms. The van der Waals surface area contributed by atoms with Crippen LogP contribution in [0.1, 0.15) is 49.4 Å². The Kier molecular flexibility index (Phi) is 4.31. The Morgan fingerprint density at radius 3 is 2.65 bits per heavy atom. The Morgan fingerprint density at radius 1 is 1.20 bits per heavy atom. The van der Waals surface area contributed by atoms with Crippen LogP contribution in [-0.2, 0) is 0 Å². The monoisotopic (exact) mass is 293 g/mol. The summed E-state index contributed by atoms with van der Waals surface area (Å²) >= 11 is 2.07. The summed E-state index contributed by atoms with van der Waals surface area (Å²) in [4.78, 5) is 9.22. The number of anilines is 2. The Hall–Kier alpha value is -1.01. The minimum absolute atomic E-state index is 0.535. The van der Waals surface area contributed by atoms with Crippen LogP contribution in [0.2, 0.25) is 0 Å². The Morgan fingerprint density at radius 2 is 2.00 bits per heavy atom. The topological polar surface area (TPSA) is 75.9 Å². The van der Waals surface area contributed by atoms with E-state index < -0.39 is 0 Å². The number of hydrogen-bond acceptors (Lipinski definition) is 6. The molecule has 1 aromatic rings. The lowest BCUT2D eigenvalue weighted by atomic mass is 10.2. The van der Waals surface area contributed by atoms with E-state index >= 15 is 0 Å². The normalized spacial score (nSPS) is 22.6. The summed E-state index contributed by atoms with van der Waals surface area (Å²) in [5.74, 6) is 10.0. The van der Waals surface area contributed by atoms with Crippen molar-refractivity contribution in [1.29, 1.82) is 0 Å². The zero-order chi connectivity index (χ0) is 13.9. The summed E-state index contributed by atoms with van der Waals surface area (Å²) in [6, 6.07) is 0. The SMILES string of the molecule is Cc1c(NN)nc(C2CC2)nc1NCC1CCCCS1. The number of hydrazine groups is 1. The van der Waals surface area contributed by atoms with Crippen molar-refractivity contribution in [2.45, 2.75) is 50.2 Å². The lowest BCUT2D eigenvalue weighted by Crippen LogP contribution is -2.22. The van der Waals surface area contributed by atoms with E-state index in [-0.39, 0.29) is 0 Å². The molecule has 4 N–H and O–H groups in total. The molecule has 0 spiro atoms. The summed E-state index contributed by atoms with van der Waals surface area (Å²) in [5.41, 5.74) is 3.71. The van der Waals surface area contributed by atoms with Gasteiger partial charge in [0.1, 0.15) is 17.5 Å². The maximum atomic E-state index is 5.58. The molecule has 20 heavy (non-hydrogen) atoms. The first-order valence-electron chi connectivity index (χ1n) is 7.48. The molecule has 0 amide bonds. The van der Waals surface area contributed by atoms with Crippen LogP contribution in [0.4, 0.5) is 11.6 Å². The van der Waals surface area contributed by atoms with Gasteiger partial charge in [-0.15, -0.1) is 0 Å². The second-order valence-corrected chi connectivity index (χ2v) is 7.10. The third-order valence-electron chi connectivity index (χ3n) is 4.01. The highest BCUT2D eigenvalue weighted by Gasteiger charge is 2.28. The van der Waals surface area contributed by atoms with Crippen molar-refractivity contribution >= 4 is 23.4 Å². The van der Waals surface area contributed by atoms with Crippen molar-refractivity contribution in [1.82, 2.24) is 9.97 Å². The number of thioether (sulfide) groups is 1. The third-order valence-corrected chi connectivity index (χ3v) is 5.41. The van der Waals surface area contributed by atoms with Crippen molar-refractivity contribution in [2.24, 2.45) is 5.84 Å². The van der Waals surface area contributed by atoms with Crippen molar-refractivity contribution in [3.63, 3.8) is 0 Å². The lowest BCUT2D eigenvalue weighted by Gasteiger charge is -2.22. The Bertz CT molecular complexity index is 469. The van der Waals surface area contributed by atoms with Gasteiger partial charge in [0.15, 0.2) is 0 Å². The number of rotatable bonds is 5. The number of nitrogens with two attached hydrogens (primary N) is 1. The number of nitrogen functional groups attached to an aromatic ring is 1. The fraction of sp³-hybridized carbons (Fsp3) is 0.714. The molecule has 1 aromatic heterocycles. The highest BCUT2D eigenvalue weighted by atomic mass is 32.2. The molecular weight excluding hydrogens is 270 g/mol. The summed E-state index contributed by atoms with van der Waals surface area (Å²) in [5, 5.41) is 4.22. The molecule has 2 aliphatic rings. The molecule has 0 bridgehead atoms. The van der Waals surface area contributed by atoms with Crippen molar-refractivity contribution in [2.75, 3.05) is 23.0 Å². The zero-order valence-electron chi connectivity index (χ0n) is 12.0. The van der Waals surface area contributed by atoms with Crippen LogP contribution < -0.4 is 16.6 Å². The van der Waals surface area contributed by atoms with Gasteiger partial charge in [-0.3, -0.25) is 0 Å². The molecule has 1 unspecified atom stereocenters. The van der Waals surface area contributed by atoms with E-state index in [0.717, 1.165) is 29.6 Å². The third kappa shape index (κ3) is 3.17. The first-order chi connectivity index (χ1) is 9.78. The van der Waals surface area contributed by atoms with Gasteiger partial charge >= 0.3 is 0 Å². The quantitative estimate of drug-likeness (QED) is 0.572. The van der Waals surface area contributed by atoms with Crippen LogP contribution in [0.5, 0.6) is 0 Å². The number of nitrogens with one attached hydrogen (secondary N) is 2. The number of nitrogens with zero attached hydrogens (tertiary/aromatic N) is 2. The average molecular weight is 293 g/mol. The second kappa shape index (κ2) is 6.18. The van der Waals surface area contributed by atoms with Gasteiger partial charge in [-0.1, -0.05) is 6.42 Å². The van der Waals surface area contributed by atoms with Gasteiger partial charge in [-0.2, -0.15) is 11.8 Å². The average Bonchev–Trinajstić information content (AvgIpc) is 3.32. The summed E-state index contributed by atoms with van der Waals surface area (Å²) < 4.78 is 0. The molecular formula is C14H23N5S. The van der Waals surface area contributed by atoms with Gasteiger partial charge in [0.05, 0.1) is 0 Å². The van der Waals surface area contributed by atoms with E-state index in [1.54, 1.807) is 0 Å². The molecule has 0 radical (unpaired) electrons. The van der Waals surface area contributed by atoms with Crippen LogP contribution in [0.3, 0.4) is 0 Å². The van der Waals surface area contributed by atoms with Gasteiger partial charge in [0.2, 0.25) is 0 Å². The highest BCUT2D eigenvalue weighted by molar-refractivity contribution is 7.99.